The first-order chi connectivity index (χ1) is 6.95. The van der Waals surface area contributed by atoms with Gasteiger partial charge < -0.3 is 4.57 Å². The van der Waals surface area contributed by atoms with E-state index in [2.05, 4.69) is 31.9 Å². The summed E-state index contributed by atoms with van der Waals surface area (Å²) >= 11 is 6.14. The van der Waals surface area contributed by atoms with Crippen LogP contribution in [0.25, 0.3) is 10.9 Å². The molecule has 0 spiro atoms. The predicted molar refractivity (Wildman–Crippen MR) is 63.0 cm³/mol. The van der Waals surface area contributed by atoms with Crippen molar-refractivity contribution in [1.82, 2.24) is 4.57 Å². The maximum Gasteiger partial charge on any atom is 0.176 e. The van der Waals surface area contributed by atoms with Gasteiger partial charge in [0.15, 0.2) is 11.6 Å². The first kappa shape index (κ1) is 11.1. The van der Waals surface area contributed by atoms with Crippen LogP contribution in [0.1, 0.15) is 5.69 Å². The standard InChI is InChI=1S/C10H7Br2F2N/c1-4-3-5-6(11)8(13)9(14)7(12)10(5)15(4)2/h3H,1-2H3. The molecule has 0 bridgehead atoms. The summed E-state index contributed by atoms with van der Waals surface area (Å²) in [6.45, 7) is 1.88. The van der Waals surface area contributed by atoms with E-state index < -0.39 is 11.6 Å². The van der Waals surface area contributed by atoms with Crippen molar-refractivity contribution in [2.45, 2.75) is 6.92 Å². The molecule has 0 N–H and O–H groups in total. The Labute approximate surface area is 102 Å². The first-order valence-electron chi connectivity index (χ1n) is 4.23. The fraction of sp³-hybridized carbons (Fsp3) is 0.200. The van der Waals surface area contributed by atoms with Gasteiger partial charge in [-0.25, -0.2) is 8.78 Å². The molecule has 0 saturated carbocycles. The van der Waals surface area contributed by atoms with Gasteiger partial charge in [-0.1, -0.05) is 0 Å². The second-order valence-corrected chi connectivity index (χ2v) is 4.95. The topological polar surface area (TPSA) is 4.93 Å². The van der Waals surface area contributed by atoms with Crippen molar-refractivity contribution in [3.8, 4) is 0 Å². The van der Waals surface area contributed by atoms with Gasteiger partial charge in [-0.15, -0.1) is 0 Å². The highest BCUT2D eigenvalue weighted by Crippen LogP contribution is 2.36. The Bertz CT molecular complexity index is 561. The van der Waals surface area contributed by atoms with Gasteiger partial charge in [0, 0.05) is 18.1 Å². The number of aryl methyl sites for hydroxylation is 2. The average Bonchev–Trinajstić information content (AvgIpc) is 2.50. The first-order valence-corrected chi connectivity index (χ1v) is 5.81. The van der Waals surface area contributed by atoms with E-state index in [9.17, 15) is 8.78 Å². The van der Waals surface area contributed by atoms with E-state index in [1.54, 1.807) is 0 Å². The molecule has 0 aliphatic heterocycles. The van der Waals surface area contributed by atoms with Crippen molar-refractivity contribution in [2.75, 3.05) is 0 Å². The zero-order valence-electron chi connectivity index (χ0n) is 8.04. The number of halogens is 4. The van der Waals surface area contributed by atoms with E-state index in [4.69, 9.17) is 0 Å². The van der Waals surface area contributed by atoms with Crippen molar-refractivity contribution in [3.05, 3.63) is 32.3 Å². The van der Waals surface area contributed by atoms with E-state index >= 15 is 0 Å². The molecular weight excluding hydrogens is 332 g/mol. The Morgan fingerprint density at radius 2 is 1.67 bits per heavy atom. The molecule has 0 saturated heterocycles. The third-order valence-electron chi connectivity index (χ3n) is 2.50. The second-order valence-electron chi connectivity index (χ2n) is 3.36. The molecule has 1 aromatic carbocycles. The van der Waals surface area contributed by atoms with Gasteiger partial charge in [0.2, 0.25) is 0 Å². The van der Waals surface area contributed by atoms with Crippen molar-refractivity contribution < 1.29 is 8.78 Å². The third-order valence-corrected chi connectivity index (χ3v) is 3.99. The van der Waals surface area contributed by atoms with Crippen molar-refractivity contribution in [1.29, 1.82) is 0 Å². The van der Waals surface area contributed by atoms with E-state index in [-0.39, 0.29) is 8.95 Å². The molecule has 1 aromatic heterocycles. The van der Waals surface area contributed by atoms with Crippen LogP contribution in [0.4, 0.5) is 8.78 Å². The zero-order valence-corrected chi connectivity index (χ0v) is 11.2. The third kappa shape index (κ3) is 1.44. The van der Waals surface area contributed by atoms with E-state index in [1.165, 1.54) is 0 Å². The molecule has 15 heavy (non-hydrogen) atoms. The number of aromatic nitrogens is 1. The molecule has 0 aliphatic rings. The smallest absolute Gasteiger partial charge is 0.176 e. The maximum atomic E-state index is 13.4. The van der Waals surface area contributed by atoms with Crippen LogP contribution in [0.2, 0.25) is 0 Å². The molecule has 0 radical (unpaired) electrons. The lowest BCUT2D eigenvalue weighted by atomic mass is 10.2. The molecule has 1 nitrogen and oxygen atoms in total. The number of fused-ring (bicyclic) bond motifs is 1. The van der Waals surface area contributed by atoms with Crippen LogP contribution in [0.5, 0.6) is 0 Å². The SMILES string of the molecule is Cc1cc2c(Br)c(F)c(F)c(Br)c2n1C. The number of hydrogen-bond donors (Lipinski definition) is 0. The van der Waals surface area contributed by atoms with Gasteiger partial charge in [-0.2, -0.15) is 0 Å². The highest BCUT2D eigenvalue weighted by molar-refractivity contribution is 9.11. The van der Waals surface area contributed by atoms with Crippen LogP contribution in [0, 0.1) is 18.6 Å². The fourth-order valence-corrected chi connectivity index (χ4v) is 2.71. The molecule has 0 amide bonds. The largest absolute Gasteiger partial charge is 0.347 e. The van der Waals surface area contributed by atoms with Gasteiger partial charge in [-0.3, -0.25) is 0 Å². The van der Waals surface area contributed by atoms with Crippen LogP contribution in [-0.4, -0.2) is 4.57 Å². The lowest BCUT2D eigenvalue weighted by molar-refractivity contribution is 0.502. The monoisotopic (exact) mass is 337 g/mol. The van der Waals surface area contributed by atoms with E-state index in [1.807, 2.05) is 24.6 Å². The number of nitrogens with zero attached hydrogens (tertiary/aromatic N) is 1. The van der Waals surface area contributed by atoms with E-state index in [0.717, 1.165) is 5.69 Å². The van der Waals surface area contributed by atoms with E-state index in [0.29, 0.717) is 10.9 Å². The molecule has 2 aromatic rings. The minimum absolute atomic E-state index is 0.161. The van der Waals surface area contributed by atoms with Crippen LogP contribution in [-0.2, 0) is 7.05 Å². The van der Waals surface area contributed by atoms with Crippen LogP contribution in [0.15, 0.2) is 15.0 Å². The number of hydrogen-bond acceptors (Lipinski definition) is 0. The van der Waals surface area contributed by atoms with Crippen LogP contribution >= 0.6 is 31.9 Å². The Kier molecular flexibility index (Phi) is 2.63. The van der Waals surface area contributed by atoms with Crippen molar-refractivity contribution in [3.63, 3.8) is 0 Å². The molecule has 0 atom stereocenters. The van der Waals surface area contributed by atoms with Crippen molar-refractivity contribution >= 4 is 42.8 Å². The summed E-state index contributed by atoms with van der Waals surface area (Å²) in [6, 6.07) is 1.81. The summed E-state index contributed by atoms with van der Waals surface area (Å²) in [5.41, 5.74) is 1.59. The minimum Gasteiger partial charge on any atom is -0.347 e. The summed E-state index contributed by atoms with van der Waals surface area (Å²) in [5, 5.41) is 0.667. The van der Waals surface area contributed by atoms with Gasteiger partial charge in [0.25, 0.3) is 0 Å². The molecule has 0 fully saturated rings. The molecule has 80 valence electrons. The second kappa shape index (κ2) is 3.56. The van der Waals surface area contributed by atoms with Gasteiger partial charge >= 0.3 is 0 Å². The summed E-state index contributed by atoms with van der Waals surface area (Å²) in [5.74, 6) is -1.73. The molecule has 2 rings (SSSR count). The molecular formula is C10H7Br2F2N. The Hall–Kier alpha value is -0.420. The number of rotatable bonds is 0. The summed E-state index contributed by atoms with van der Waals surface area (Å²) < 4.78 is 29.0. The zero-order chi connectivity index (χ0) is 11.3. The maximum absolute atomic E-state index is 13.4. The summed E-state index contributed by atoms with van der Waals surface area (Å²) in [7, 11) is 1.81. The highest BCUT2D eigenvalue weighted by atomic mass is 79.9. The van der Waals surface area contributed by atoms with Crippen LogP contribution in [0.3, 0.4) is 0 Å². The average molecular weight is 339 g/mol. The molecule has 1 heterocycles. The van der Waals surface area contributed by atoms with Gasteiger partial charge in [-0.05, 0) is 44.8 Å². The molecule has 5 heteroatoms. The highest BCUT2D eigenvalue weighted by Gasteiger charge is 2.19. The fourth-order valence-electron chi connectivity index (χ4n) is 1.58. The molecule has 0 aliphatic carbocycles. The summed E-state index contributed by atoms with van der Waals surface area (Å²) in [4.78, 5) is 0. The Morgan fingerprint density at radius 3 is 2.27 bits per heavy atom. The lowest BCUT2D eigenvalue weighted by Gasteiger charge is -2.05. The minimum atomic E-state index is -0.865. The normalized spacial score (nSPS) is 11.3. The lowest BCUT2D eigenvalue weighted by Crippen LogP contribution is -1.95. The molecule has 0 unspecified atom stereocenters. The quantitative estimate of drug-likeness (QED) is 0.499. The van der Waals surface area contributed by atoms with Gasteiger partial charge in [0.05, 0.1) is 14.5 Å². The number of benzene rings is 1. The predicted octanol–water partition coefficient (Wildman–Crippen LogP) is 4.29. The Balaban J connectivity index is 3.07. The van der Waals surface area contributed by atoms with Crippen molar-refractivity contribution in [2.24, 2.45) is 7.05 Å². The van der Waals surface area contributed by atoms with Gasteiger partial charge in [0.1, 0.15) is 0 Å². The van der Waals surface area contributed by atoms with Crippen LogP contribution < -0.4 is 0 Å². The summed E-state index contributed by atoms with van der Waals surface area (Å²) in [6.07, 6.45) is 0. The Morgan fingerprint density at radius 1 is 1.13 bits per heavy atom.